The van der Waals surface area contributed by atoms with Crippen molar-refractivity contribution >= 4 is 27.0 Å². The lowest BCUT2D eigenvalue weighted by molar-refractivity contribution is 0.340. The van der Waals surface area contributed by atoms with E-state index in [0.717, 1.165) is 38.8 Å². The molecule has 2 aromatic carbocycles. The largest absolute Gasteiger partial charge is 0.494 e. The van der Waals surface area contributed by atoms with Crippen molar-refractivity contribution in [1.29, 1.82) is 0 Å². The molecule has 0 fully saturated rings. The average molecular weight is 415 g/mol. The molecule has 1 aliphatic rings. The van der Waals surface area contributed by atoms with Gasteiger partial charge >= 0.3 is 0 Å². The van der Waals surface area contributed by atoms with Gasteiger partial charge in [-0.2, -0.15) is 0 Å². The van der Waals surface area contributed by atoms with Crippen molar-refractivity contribution in [3.05, 3.63) is 53.4 Å². The molecule has 28 heavy (non-hydrogen) atoms. The van der Waals surface area contributed by atoms with E-state index in [1.807, 2.05) is 55.6 Å². The number of aromatic nitrogens is 1. The first-order chi connectivity index (χ1) is 13.4. The highest BCUT2D eigenvalue weighted by Gasteiger charge is 2.32. The van der Waals surface area contributed by atoms with Gasteiger partial charge in [0.05, 0.1) is 24.2 Å². The van der Waals surface area contributed by atoms with Crippen LogP contribution in [0.2, 0.25) is 0 Å². The van der Waals surface area contributed by atoms with Gasteiger partial charge in [-0.25, -0.2) is 13.4 Å². The van der Waals surface area contributed by atoms with Gasteiger partial charge < -0.3 is 4.74 Å². The van der Waals surface area contributed by atoms with Gasteiger partial charge in [0, 0.05) is 22.5 Å². The van der Waals surface area contributed by atoms with Crippen LogP contribution in [0.15, 0.2) is 47.8 Å². The molecule has 0 N–H and O–H groups in total. The predicted molar refractivity (Wildman–Crippen MR) is 115 cm³/mol. The molecule has 146 valence electrons. The monoisotopic (exact) mass is 414 g/mol. The number of sulfonamides is 1. The zero-order chi connectivity index (χ0) is 19.9. The fraction of sp³-hybridized carbons (Fsp3) is 0.286. The number of benzene rings is 2. The lowest BCUT2D eigenvalue weighted by Crippen LogP contribution is -2.34. The topological polar surface area (TPSA) is 59.5 Å². The van der Waals surface area contributed by atoms with Crippen molar-refractivity contribution in [3.8, 4) is 27.6 Å². The van der Waals surface area contributed by atoms with E-state index in [9.17, 15) is 8.42 Å². The van der Waals surface area contributed by atoms with Crippen LogP contribution >= 0.6 is 11.3 Å². The van der Waals surface area contributed by atoms with Gasteiger partial charge in [-0.1, -0.05) is 6.07 Å². The first-order valence-electron chi connectivity index (χ1n) is 9.18. The molecule has 0 amide bonds. The second-order valence-electron chi connectivity index (χ2n) is 6.95. The number of thiazole rings is 1. The molecular formula is C21H22N2O3S2. The van der Waals surface area contributed by atoms with Crippen molar-refractivity contribution in [2.45, 2.75) is 26.3 Å². The molecule has 1 unspecified atom stereocenters. The fourth-order valence-corrected chi connectivity index (χ4v) is 5.77. The van der Waals surface area contributed by atoms with Crippen LogP contribution in [-0.4, -0.2) is 32.3 Å². The van der Waals surface area contributed by atoms with Crippen molar-refractivity contribution in [3.63, 3.8) is 0 Å². The Morgan fingerprint density at radius 3 is 2.57 bits per heavy atom. The molecule has 0 spiro atoms. The highest BCUT2D eigenvalue weighted by Crippen LogP contribution is 2.38. The van der Waals surface area contributed by atoms with Crippen molar-refractivity contribution in [2.24, 2.45) is 0 Å². The van der Waals surface area contributed by atoms with Crippen LogP contribution in [0.3, 0.4) is 0 Å². The molecule has 4 rings (SSSR count). The Kier molecular flexibility index (Phi) is 4.89. The third-order valence-electron chi connectivity index (χ3n) is 4.80. The number of nitrogens with zero attached hydrogens (tertiary/aromatic N) is 2. The van der Waals surface area contributed by atoms with Crippen LogP contribution in [0, 0.1) is 0 Å². The Morgan fingerprint density at radius 1 is 1.18 bits per heavy atom. The molecule has 1 atom stereocenters. The maximum absolute atomic E-state index is 12.1. The van der Waals surface area contributed by atoms with Gasteiger partial charge in [-0.05, 0) is 62.2 Å². The van der Waals surface area contributed by atoms with Gasteiger partial charge in [-0.3, -0.25) is 4.31 Å². The minimum Gasteiger partial charge on any atom is -0.494 e. The standard InChI is InChI=1S/C21H22N2O3S2/c1-4-26-18-8-5-15(6-9-18)21-22-19(13-27-21)16-7-10-20-17(12-16)11-14(2)23(20)28(3,24)25/h5-10,12-14H,4,11H2,1-3H3. The Balaban J connectivity index is 1.62. The normalized spacial score (nSPS) is 16.2. The van der Waals surface area contributed by atoms with Crippen LogP contribution in [0.1, 0.15) is 19.4 Å². The van der Waals surface area contributed by atoms with Gasteiger partial charge in [0.15, 0.2) is 0 Å². The van der Waals surface area contributed by atoms with E-state index in [-0.39, 0.29) is 6.04 Å². The van der Waals surface area contributed by atoms with Crippen LogP contribution < -0.4 is 9.04 Å². The maximum atomic E-state index is 12.1. The SMILES string of the molecule is CCOc1ccc(-c2nc(-c3ccc4c(c3)CC(C)N4S(C)(=O)=O)cs2)cc1. The van der Waals surface area contributed by atoms with E-state index in [2.05, 4.69) is 6.07 Å². The molecule has 5 nitrogen and oxygen atoms in total. The van der Waals surface area contributed by atoms with E-state index >= 15 is 0 Å². The molecule has 2 heterocycles. The first kappa shape index (κ1) is 19.0. The molecular weight excluding hydrogens is 392 g/mol. The lowest BCUT2D eigenvalue weighted by atomic mass is 10.1. The third kappa shape index (κ3) is 3.52. The van der Waals surface area contributed by atoms with Crippen LogP contribution in [0.25, 0.3) is 21.8 Å². The summed E-state index contributed by atoms with van der Waals surface area (Å²) in [6.45, 7) is 4.55. The highest BCUT2D eigenvalue weighted by atomic mass is 32.2. The molecule has 0 saturated carbocycles. The summed E-state index contributed by atoms with van der Waals surface area (Å²) in [6, 6.07) is 13.8. The molecule has 7 heteroatoms. The maximum Gasteiger partial charge on any atom is 0.232 e. The number of hydrogen-bond acceptors (Lipinski definition) is 5. The van der Waals surface area contributed by atoms with Crippen molar-refractivity contribution in [2.75, 3.05) is 17.2 Å². The summed E-state index contributed by atoms with van der Waals surface area (Å²) in [7, 11) is -3.27. The zero-order valence-electron chi connectivity index (χ0n) is 16.0. The van der Waals surface area contributed by atoms with E-state index in [1.165, 1.54) is 10.6 Å². The molecule has 0 saturated heterocycles. The molecule has 0 aliphatic carbocycles. The number of hydrogen-bond donors (Lipinski definition) is 0. The third-order valence-corrected chi connectivity index (χ3v) is 6.96. The molecule has 1 aliphatic heterocycles. The zero-order valence-corrected chi connectivity index (χ0v) is 17.7. The van der Waals surface area contributed by atoms with E-state index in [1.54, 1.807) is 11.3 Å². The van der Waals surface area contributed by atoms with E-state index in [0.29, 0.717) is 13.0 Å². The predicted octanol–water partition coefficient (Wildman–Crippen LogP) is 4.59. The number of rotatable bonds is 5. The number of anilines is 1. The first-order valence-corrected chi connectivity index (χ1v) is 11.9. The Labute approximate surface area is 169 Å². The molecule has 3 aromatic rings. The summed E-state index contributed by atoms with van der Waals surface area (Å²) in [5, 5.41) is 2.99. The number of fused-ring (bicyclic) bond motifs is 1. The summed E-state index contributed by atoms with van der Waals surface area (Å²) >= 11 is 1.60. The average Bonchev–Trinajstić information content (AvgIpc) is 3.25. The molecule has 1 aromatic heterocycles. The Morgan fingerprint density at radius 2 is 1.89 bits per heavy atom. The second-order valence-corrected chi connectivity index (χ2v) is 9.67. The van der Waals surface area contributed by atoms with Crippen LogP contribution in [-0.2, 0) is 16.4 Å². The van der Waals surface area contributed by atoms with Crippen molar-refractivity contribution < 1.29 is 13.2 Å². The van der Waals surface area contributed by atoms with Crippen molar-refractivity contribution in [1.82, 2.24) is 4.98 Å². The number of ether oxygens (including phenoxy) is 1. The minimum absolute atomic E-state index is 0.0601. The molecule has 0 radical (unpaired) electrons. The van der Waals surface area contributed by atoms with E-state index < -0.39 is 10.0 Å². The fourth-order valence-electron chi connectivity index (χ4n) is 3.67. The summed E-state index contributed by atoms with van der Waals surface area (Å²) < 4.78 is 31.2. The van der Waals surface area contributed by atoms with Gasteiger partial charge in [-0.15, -0.1) is 11.3 Å². The highest BCUT2D eigenvalue weighted by molar-refractivity contribution is 7.92. The Hall–Kier alpha value is -2.38. The molecule has 0 bridgehead atoms. The summed E-state index contributed by atoms with van der Waals surface area (Å²) in [5.74, 6) is 0.853. The van der Waals surface area contributed by atoms with Gasteiger partial charge in [0.1, 0.15) is 10.8 Å². The van der Waals surface area contributed by atoms with Crippen LogP contribution in [0.5, 0.6) is 5.75 Å². The minimum atomic E-state index is -3.27. The summed E-state index contributed by atoms with van der Waals surface area (Å²) in [4.78, 5) is 4.78. The van der Waals surface area contributed by atoms with E-state index in [4.69, 9.17) is 9.72 Å². The summed E-state index contributed by atoms with van der Waals surface area (Å²) in [6.07, 6.45) is 1.97. The second kappa shape index (κ2) is 7.22. The smallest absolute Gasteiger partial charge is 0.232 e. The Bertz CT molecular complexity index is 1100. The van der Waals surface area contributed by atoms with Crippen LogP contribution in [0.4, 0.5) is 5.69 Å². The summed E-state index contributed by atoms with van der Waals surface area (Å²) in [5.41, 5.74) is 4.79. The lowest BCUT2D eigenvalue weighted by Gasteiger charge is -2.21. The quantitative estimate of drug-likeness (QED) is 0.613. The van der Waals surface area contributed by atoms with Gasteiger partial charge in [0.2, 0.25) is 10.0 Å². The van der Waals surface area contributed by atoms with Gasteiger partial charge in [0.25, 0.3) is 0 Å².